The van der Waals surface area contributed by atoms with Gasteiger partial charge in [0.2, 0.25) is 0 Å². The van der Waals surface area contributed by atoms with Crippen molar-refractivity contribution in [3.05, 3.63) is 45.3 Å². The van der Waals surface area contributed by atoms with Crippen LogP contribution in [0.4, 0.5) is 5.69 Å². The number of ketones is 1. The first-order chi connectivity index (χ1) is 10.9. The minimum absolute atomic E-state index is 0.190. The van der Waals surface area contributed by atoms with E-state index in [1.54, 1.807) is 31.0 Å². The van der Waals surface area contributed by atoms with Crippen LogP contribution in [-0.4, -0.2) is 23.0 Å². The summed E-state index contributed by atoms with van der Waals surface area (Å²) >= 11 is 17.7. The van der Waals surface area contributed by atoms with E-state index >= 15 is 0 Å². The highest BCUT2D eigenvalue weighted by molar-refractivity contribution is 7.80. The van der Waals surface area contributed by atoms with E-state index in [1.165, 1.54) is 6.20 Å². The number of hydrogen-bond acceptors (Lipinski definition) is 4. The maximum atomic E-state index is 13.0. The fraction of sp³-hybridized carbons (Fsp3) is 0.312. The summed E-state index contributed by atoms with van der Waals surface area (Å²) in [7, 11) is 1.76. The molecule has 3 rings (SSSR count). The summed E-state index contributed by atoms with van der Waals surface area (Å²) in [4.78, 5) is 15.3. The smallest absolute Gasteiger partial charge is 0.200 e. The third-order valence-electron chi connectivity index (χ3n) is 3.91. The van der Waals surface area contributed by atoms with Crippen LogP contribution in [0.15, 0.2) is 22.9 Å². The molecule has 2 aromatic rings. The Labute approximate surface area is 149 Å². The largest absolute Gasteiger partial charge is 0.360 e. The lowest BCUT2D eigenvalue weighted by molar-refractivity contribution is 0.103. The number of carbonyl (C=O) groups is 1. The SMILES string of the molecule is CC(=S)N(C)c1c(C(=O)c2cnoc2C2CC2)ccc(Cl)c1Cl. The Hall–Kier alpha value is -1.43. The number of nitrogens with zero attached hydrogens (tertiary/aromatic N) is 2. The number of hydrogen-bond donors (Lipinski definition) is 0. The van der Waals surface area contributed by atoms with Crippen molar-refractivity contribution in [2.45, 2.75) is 25.7 Å². The summed E-state index contributed by atoms with van der Waals surface area (Å²) in [5.74, 6) is 0.742. The molecule has 1 saturated carbocycles. The van der Waals surface area contributed by atoms with Crippen LogP contribution in [0.1, 0.15) is 47.4 Å². The van der Waals surface area contributed by atoms with Gasteiger partial charge in [0.15, 0.2) is 11.5 Å². The first-order valence-corrected chi connectivity index (χ1v) is 8.29. The Bertz CT molecular complexity index is 799. The molecule has 0 spiro atoms. The first-order valence-electron chi connectivity index (χ1n) is 7.13. The van der Waals surface area contributed by atoms with Gasteiger partial charge in [0.1, 0.15) is 0 Å². The predicted molar refractivity (Wildman–Crippen MR) is 95.0 cm³/mol. The number of benzene rings is 1. The first kappa shape index (κ1) is 16.4. The van der Waals surface area contributed by atoms with E-state index in [4.69, 9.17) is 39.9 Å². The van der Waals surface area contributed by atoms with Crippen molar-refractivity contribution in [2.24, 2.45) is 0 Å². The van der Waals surface area contributed by atoms with Crippen molar-refractivity contribution in [2.75, 3.05) is 11.9 Å². The van der Waals surface area contributed by atoms with Crippen LogP contribution in [0, 0.1) is 0 Å². The number of halogens is 2. The molecule has 1 aromatic heterocycles. The third-order valence-corrected chi connectivity index (χ3v) is 4.98. The number of thiocarbonyl (C=S) groups is 1. The second kappa shape index (κ2) is 6.23. The van der Waals surface area contributed by atoms with Crippen molar-refractivity contribution in [3.63, 3.8) is 0 Å². The Kier molecular flexibility index (Phi) is 4.45. The van der Waals surface area contributed by atoms with Crippen molar-refractivity contribution in [1.82, 2.24) is 5.16 Å². The zero-order valence-corrected chi connectivity index (χ0v) is 14.9. The average Bonchev–Trinajstić information content (AvgIpc) is 3.25. The predicted octanol–water partition coefficient (Wildman–Crippen LogP) is 4.87. The van der Waals surface area contributed by atoms with Crippen LogP contribution >= 0.6 is 35.4 Å². The summed E-state index contributed by atoms with van der Waals surface area (Å²) in [5.41, 5.74) is 1.40. The number of carbonyl (C=O) groups excluding carboxylic acids is 1. The van der Waals surface area contributed by atoms with Gasteiger partial charge in [-0.25, -0.2) is 0 Å². The number of rotatable bonds is 4. The van der Waals surface area contributed by atoms with E-state index < -0.39 is 0 Å². The molecule has 0 saturated heterocycles. The standard InChI is InChI=1S/C16H14Cl2N2O2S/c1-8(23)20(2)14-10(5-6-12(17)13(14)18)15(21)11-7-19-22-16(11)9-3-4-9/h5-7,9H,3-4H2,1-2H3. The van der Waals surface area contributed by atoms with Crippen LogP contribution < -0.4 is 4.90 Å². The van der Waals surface area contributed by atoms with Crippen LogP contribution in [0.3, 0.4) is 0 Å². The molecule has 1 heterocycles. The molecule has 0 atom stereocenters. The molecule has 1 aliphatic rings. The van der Waals surface area contributed by atoms with Gasteiger partial charge in [-0.3, -0.25) is 4.79 Å². The second-order valence-corrected chi connectivity index (χ2v) is 6.92. The maximum absolute atomic E-state index is 13.0. The highest BCUT2D eigenvalue weighted by Crippen LogP contribution is 2.43. The summed E-state index contributed by atoms with van der Waals surface area (Å²) in [5, 5.41) is 4.45. The second-order valence-electron chi connectivity index (χ2n) is 5.54. The van der Waals surface area contributed by atoms with Gasteiger partial charge in [-0.2, -0.15) is 0 Å². The zero-order valence-electron chi connectivity index (χ0n) is 12.6. The monoisotopic (exact) mass is 368 g/mol. The van der Waals surface area contributed by atoms with Crippen molar-refractivity contribution < 1.29 is 9.32 Å². The van der Waals surface area contributed by atoms with E-state index in [-0.39, 0.29) is 11.7 Å². The highest BCUT2D eigenvalue weighted by Gasteiger charge is 2.34. The van der Waals surface area contributed by atoms with Crippen molar-refractivity contribution in [3.8, 4) is 0 Å². The molecule has 4 nitrogen and oxygen atoms in total. The summed E-state index contributed by atoms with van der Waals surface area (Å²) in [6.45, 7) is 1.76. The maximum Gasteiger partial charge on any atom is 0.200 e. The molecule has 0 aliphatic heterocycles. The molecule has 1 fully saturated rings. The molecular formula is C16H14Cl2N2O2S. The van der Waals surface area contributed by atoms with E-state index in [2.05, 4.69) is 5.16 Å². The lowest BCUT2D eigenvalue weighted by Crippen LogP contribution is -2.24. The fourth-order valence-corrected chi connectivity index (χ4v) is 2.95. The summed E-state index contributed by atoms with van der Waals surface area (Å²) in [6.07, 6.45) is 3.50. The molecule has 7 heteroatoms. The molecule has 120 valence electrons. The average molecular weight is 369 g/mol. The van der Waals surface area contributed by atoms with Gasteiger partial charge in [0.05, 0.1) is 32.5 Å². The Morgan fingerprint density at radius 2 is 2.04 bits per heavy atom. The molecule has 0 unspecified atom stereocenters. The molecule has 23 heavy (non-hydrogen) atoms. The van der Waals surface area contributed by atoms with Crippen molar-refractivity contribution in [1.29, 1.82) is 0 Å². The minimum Gasteiger partial charge on any atom is -0.360 e. The minimum atomic E-state index is -0.190. The van der Waals surface area contributed by atoms with Gasteiger partial charge in [-0.05, 0) is 31.9 Å². The molecule has 1 aromatic carbocycles. The third kappa shape index (κ3) is 3.01. The van der Waals surface area contributed by atoms with E-state index in [9.17, 15) is 4.79 Å². The van der Waals surface area contributed by atoms with Gasteiger partial charge >= 0.3 is 0 Å². The van der Waals surface area contributed by atoms with Gasteiger partial charge in [0, 0.05) is 18.5 Å². The molecule has 1 aliphatic carbocycles. The lowest BCUT2D eigenvalue weighted by Gasteiger charge is -2.22. The summed E-state index contributed by atoms with van der Waals surface area (Å²) < 4.78 is 5.26. The zero-order chi connectivity index (χ0) is 16.7. The van der Waals surface area contributed by atoms with Crippen LogP contribution in [0.5, 0.6) is 0 Å². The normalized spacial score (nSPS) is 13.9. The molecule has 0 radical (unpaired) electrons. The molecule has 0 N–H and O–H groups in total. The summed E-state index contributed by atoms with van der Waals surface area (Å²) in [6, 6.07) is 3.27. The van der Waals surface area contributed by atoms with Gasteiger partial charge in [-0.1, -0.05) is 40.6 Å². The fourth-order valence-electron chi connectivity index (χ4n) is 2.41. The highest BCUT2D eigenvalue weighted by atomic mass is 35.5. The van der Waals surface area contributed by atoms with Crippen LogP contribution in [-0.2, 0) is 0 Å². The molecular weight excluding hydrogens is 355 g/mol. The van der Waals surface area contributed by atoms with E-state index in [1.807, 2.05) is 0 Å². The van der Waals surface area contributed by atoms with Gasteiger partial charge < -0.3 is 9.42 Å². The Morgan fingerprint density at radius 3 is 2.65 bits per heavy atom. The van der Waals surface area contributed by atoms with Crippen LogP contribution in [0.2, 0.25) is 10.0 Å². The molecule has 0 amide bonds. The quantitative estimate of drug-likeness (QED) is 0.568. The Morgan fingerprint density at radius 1 is 1.35 bits per heavy atom. The number of anilines is 1. The van der Waals surface area contributed by atoms with Crippen LogP contribution in [0.25, 0.3) is 0 Å². The van der Waals surface area contributed by atoms with E-state index in [0.29, 0.717) is 37.6 Å². The molecule has 0 bridgehead atoms. The lowest BCUT2D eigenvalue weighted by atomic mass is 10.0. The van der Waals surface area contributed by atoms with E-state index in [0.717, 1.165) is 12.8 Å². The van der Waals surface area contributed by atoms with Gasteiger partial charge in [0.25, 0.3) is 0 Å². The number of aromatic nitrogens is 1. The Balaban J connectivity index is 2.12. The van der Waals surface area contributed by atoms with Crippen molar-refractivity contribution >= 4 is 51.9 Å². The topological polar surface area (TPSA) is 46.3 Å². The van der Waals surface area contributed by atoms with Gasteiger partial charge in [-0.15, -0.1) is 0 Å².